The summed E-state index contributed by atoms with van der Waals surface area (Å²) in [6.45, 7) is 4.09. The van der Waals surface area contributed by atoms with Crippen LogP contribution >= 0.6 is 0 Å². The Morgan fingerprint density at radius 2 is 1.16 bits per heavy atom. The number of rotatable bonds is 16. The number of carbonyl (C=O) groups is 1. The van der Waals surface area contributed by atoms with E-state index in [-0.39, 0.29) is 5.92 Å². The molecule has 2 aromatic rings. The van der Waals surface area contributed by atoms with Crippen LogP contribution in [0.2, 0.25) is 0 Å². The lowest BCUT2D eigenvalue weighted by atomic mass is 9.90. The van der Waals surface area contributed by atoms with Crippen LogP contribution in [0.4, 0.5) is 0 Å². The van der Waals surface area contributed by atoms with Gasteiger partial charge in [-0.15, -0.1) is 0 Å². The van der Waals surface area contributed by atoms with E-state index in [9.17, 15) is 4.79 Å². The topological polar surface area (TPSA) is 26.3 Å². The minimum absolute atomic E-state index is 0.0587. The van der Waals surface area contributed by atoms with E-state index in [0.29, 0.717) is 12.2 Å². The van der Waals surface area contributed by atoms with Gasteiger partial charge in [-0.3, -0.25) is 4.79 Å². The Bertz CT molecular complexity index is 749. The molecule has 0 amide bonds. The molecule has 0 N–H and O–H groups in total. The molecule has 0 aromatic heterocycles. The average Bonchev–Trinajstić information content (AvgIpc) is 3.14. The third-order valence-electron chi connectivity index (χ3n) is 6.51. The first-order valence-corrected chi connectivity index (χ1v) is 12.6. The third kappa shape index (κ3) is 7.04. The first-order chi connectivity index (χ1) is 15.3. The fourth-order valence-electron chi connectivity index (χ4n) is 4.77. The van der Waals surface area contributed by atoms with Crippen molar-refractivity contribution in [3.05, 3.63) is 59.7 Å². The summed E-state index contributed by atoms with van der Waals surface area (Å²) in [6, 6.07) is 16.8. The molecule has 0 aliphatic heterocycles. The zero-order valence-electron chi connectivity index (χ0n) is 19.4. The van der Waals surface area contributed by atoms with Crippen molar-refractivity contribution < 1.29 is 9.53 Å². The highest BCUT2D eigenvalue weighted by Crippen LogP contribution is 2.45. The molecule has 1 aliphatic carbocycles. The third-order valence-corrected chi connectivity index (χ3v) is 6.51. The minimum Gasteiger partial charge on any atom is -0.381 e. The SMILES string of the molecule is CCCCCOCCCCCCCCCCC(=O)C1c2ccccc2-c2ccccc21. The summed E-state index contributed by atoms with van der Waals surface area (Å²) in [6.07, 6.45) is 14.3. The summed E-state index contributed by atoms with van der Waals surface area (Å²) < 4.78 is 5.67. The maximum atomic E-state index is 13.1. The van der Waals surface area contributed by atoms with Gasteiger partial charge >= 0.3 is 0 Å². The number of ether oxygens (including phenoxy) is 1. The lowest BCUT2D eigenvalue weighted by Crippen LogP contribution is -2.11. The Balaban J connectivity index is 1.26. The van der Waals surface area contributed by atoms with Gasteiger partial charge in [0.05, 0.1) is 5.92 Å². The molecule has 0 bridgehead atoms. The summed E-state index contributed by atoms with van der Waals surface area (Å²) in [5.41, 5.74) is 4.87. The van der Waals surface area contributed by atoms with Crippen LogP contribution in [0.1, 0.15) is 101 Å². The molecule has 31 heavy (non-hydrogen) atoms. The molecule has 0 heterocycles. The van der Waals surface area contributed by atoms with E-state index in [1.165, 1.54) is 86.5 Å². The number of hydrogen-bond donors (Lipinski definition) is 0. The Hall–Kier alpha value is -1.93. The highest BCUT2D eigenvalue weighted by molar-refractivity contribution is 5.97. The number of unbranched alkanes of at least 4 members (excludes halogenated alkanes) is 9. The lowest BCUT2D eigenvalue weighted by Gasteiger charge is -2.12. The van der Waals surface area contributed by atoms with Gasteiger partial charge in [0.2, 0.25) is 0 Å². The molecular weight excluding hydrogens is 380 g/mol. The molecule has 1 aliphatic rings. The van der Waals surface area contributed by atoms with Gasteiger partial charge in [0.1, 0.15) is 5.78 Å². The zero-order valence-corrected chi connectivity index (χ0v) is 19.4. The molecule has 0 fully saturated rings. The predicted octanol–water partition coefficient (Wildman–Crippen LogP) is 8.09. The van der Waals surface area contributed by atoms with Crippen LogP contribution in [-0.4, -0.2) is 19.0 Å². The molecule has 2 heteroatoms. The first-order valence-electron chi connectivity index (χ1n) is 12.6. The van der Waals surface area contributed by atoms with Gasteiger partial charge < -0.3 is 4.74 Å². The van der Waals surface area contributed by atoms with Crippen molar-refractivity contribution in [1.82, 2.24) is 0 Å². The van der Waals surface area contributed by atoms with Crippen LogP contribution in [0.3, 0.4) is 0 Å². The monoisotopic (exact) mass is 420 g/mol. The second-order valence-corrected chi connectivity index (χ2v) is 8.97. The van der Waals surface area contributed by atoms with Crippen molar-refractivity contribution in [2.45, 2.75) is 89.9 Å². The Kier molecular flexibility index (Phi) is 10.3. The van der Waals surface area contributed by atoms with Crippen LogP contribution in [-0.2, 0) is 9.53 Å². The summed E-state index contributed by atoms with van der Waals surface area (Å²) in [4.78, 5) is 13.1. The lowest BCUT2D eigenvalue weighted by molar-refractivity contribution is -0.119. The fourth-order valence-corrected chi connectivity index (χ4v) is 4.77. The van der Waals surface area contributed by atoms with Crippen LogP contribution in [0.25, 0.3) is 11.1 Å². The van der Waals surface area contributed by atoms with Gasteiger partial charge in [-0.1, -0.05) is 107 Å². The Morgan fingerprint density at radius 1 is 0.677 bits per heavy atom. The molecule has 0 atom stereocenters. The average molecular weight is 421 g/mol. The van der Waals surface area contributed by atoms with Crippen molar-refractivity contribution in [2.24, 2.45) is 0 Å². The maximum absolute atomic E-state index is 13.1. The van der Waals surface area contributed by atoms with Crippen LogP contribution in [0.5, 0.6) is 0 Å². The smallest absolute Gasteiger partial charge is 0.144 e. The molecule has 3 rings (SSSR count). The molecule has 2 nitrogen and oxygen atoms in total. The number of fused-ring (bicyclic) bond motifs is 3. The van der Waals surface area contributed by atoms with E-state index >= 15 is 0 Å². The van der Waals surface area contributed by atoms with Crippen molar-refractivity contribution in [2.75, 3.05) is 13.2 Å². The number of benzene rings is 2. The van der Waals surface area contributed by atoms with Gasteiger partial charge in [0, 0.05) is 19.6 Å². The number of ketones is 1. The molecule has 0 saturated heterocycles. The summed E-state index contributed by atoms with van der Waals surface area (Å²) in [7, 11) is 0. The van der Waals surface area contributed by atoms with Crippen molar-refractivity contribution in [3.63, 3.8) is 0 Å². The second-order valence-electron chi connectivity index (χ2n) is 8.97. The highest BCUT2D eigenvalue weighted by atomic mass is 16.5. The zero-order chi connectivity index (χ0) is 21.7. The maximum Gasteiger partial charge on any atom is 0.144 e. The van der Waals surface area contributed by atoms with Crippen molar-refractivity contribution in [1.29, 1.82) is 0 Å². The Morgan fingerprint density at radius 3 is 1.74 bits per heavy atom. The van der Waals surface area contributed by atoms with Gasteiger partial charge in [-0.05, 0) is 41.5 Å². The number of Topliss-reactive ketones (excluding diaryl/α,β-unsaturated/α-hetero) is 1. The number of carbonyl (C=O) groups excluding carboxylic acids is 1. The predicted molar refractivity (Wildman–Crippen MR) is 131 cm³/mol. The second kappa shape index (κ2) is 13.5. The quantitative estimate of drug-likeness (QED) is 0.256. The largest absolute Gasteiger partial charge is 0.381 e. The van der Waals surface area contributed by atoms with E-state index in [4.69, 9.17) is 4.74 Å². The van der Waals surface area contributed by atoms with Crippen molar-refractivity contribution in [3.8, 4) is 11.1 Å². The molecule has 168 valence electrons. The van der Waals surface area contributed by atoms with Gasteiger partial charge in [-0.25, -0.2) is 0 Å². The standard InChI is InChI=1S/C29H40O2/c1-2-3-15-22-31-23-16-9-7-5-4-6-8-10-21-28(30)29-26-19-13-11-17-24(26)25-18-12-14-20-27(25)29/h11-14,17-20,29H,2-10,15-16,21-23H2,1H3. The summed E-state index contributed by atoms with van der Waals surface area (Å²) in [5, 5.41) is 0. The van der Waals surface area contributed by atoms with E-state index in [0.717, 1.165) is 19.6 Å². The van der Waals surface area contributed by atoms with E-state index in [2.05, 4.69) is 55.5 Å². The van der Waals surface area contributed by atoms with Gasteiger partial charge in [-0.2, -0.15) is 0 Å². The normalized spacial score (nSPS) is 12.7. The van der Waals surface area contributed by atoms with E-state index in [1.807, 2.05) is 0 Å². The summed E-state index contributed by atoms with van der Waals surface area (Å²) in [5.74, 6) is 0.327. The van der Waals surface area contributed by atoms with Crippen LogP contribution in [0.15, 0.2) is 48.5 Å². The summed E-state index contributed by atoms with van der Waals surface area (Å²) >= 11 is 0. The van der Waals surface area contributed by atoms with E-state index < -0.39 is 0 Å². The Labute approximate surface area is 189 Å². The molecule has 2 aromatic carbocycles. The minimum atomic E-state index is -0.0587. The number of hydrogen-bond acceptors (Lipinski definition) is 2. The van der Waals surface area contributed by atoms with Gasteiger partial charge in [0.15, 0.2) is 0 Å². The molecule has 0 unspecified atom stereocenters. The van der Waals surface area contributed by atoms with E-state index in [1.54, 1.807) is 0 Å². The van der Waals surface area contributed by atoms with Gasteiger partial charge in [0.25, 0.3) is 0 Å². The van der Waals surface area contributed by atoms with Crippen molar-refractivity contribution >= 4 is 5.78 Å². The highest BCUT2D eigenvalue weighted by Gasteiger charge is 2.32. The molecule has 0 radical (unpaired) electrons. The fraction of sp³-hybridized carbons (Fsp3) is 0.552. The molecule has 0 spiro atoms. The van der Waals surface area contributed by atoms with Crippen LogP contribution in [0, 0.1) is 0 Å². The molecular formula is C29H40O2. The van der Waals surface area contributed by atoms with Crippen LogP contribution < -0.4 is 0 Å². The first kappa shape index (κ1) is 23.7. The molecule has 0 saturated carbocycles.